The number of nitrogens with zero attached hydrogens (tertiary/aromatic N) is 1. The topological polar surface area (TPSA) is 30.0 Å². The van der Waals surface area contributed by atoms with E-state index >= 15 is 0 Å². The maximum atomic E-state index is 10.8. The van der Waals surface area contributed by atoms with Gasteiger partial charge in [-0.05, 0) is 24.5 Å². The first kappa shape index (κ1) is 10.9. The first-order valence-electron chi connectivity index (χ1n) is 5.21. The molecule has 0 aliphatic rings. The van der Waals surface area contributed by atoms with Crippen LogP contribution < -0.4 is 0 Å². The van der Waals surface area contributed by atoms with E-state index in [1.54, 1.807) is 6.20 Å². The zero-order chi connectivity index (χ0) is 10.2. The summed E-state index contributed by atoms with van der Waals surface area (Å²) in [5.74, 6) is 0.166. The summed E-state index contributed by atoms with van der Waals surface area (Å²) < 4.78 is 0. The van der Waals surface area contributed by atoms with Crippen LogP contribution in [-0.4, -0.2) is 11.3 Å². The normalized spacial score (nSPS) is 12.4. The number of hydrogen-bond donors (Lipinski definition) is 0. The van der Waals surface area contributed by atoms with Gasteiger partial charge in [0.05, 0.1) is 0 Å². The highest BCUT2D eigenvalue weighted by Crippen LogP contribution is 2.12. The van der Waals surface area contributed by atoms with Gasteiger partial charge in [0.25, 0.3) is 0 Å². The SMILES string of the molecule is CCCCC(C=O)Cc1cccnc1. The fraction of sp³-hybridized carbons (Fsp3) is 0.500. The van der Waals surface area contributed by atoms with Crippen LogP contribution >= 0.6 is 0 Å². The van der Waals surface area contributed by atoms with Crippen molar-refractivity contribution in [2.45, 2.75) is 32.6 Å². The van der Waals surface area contributed by atoms with Gasteiger partial charge in [-0.15, -0.1) is 0 Å². The molecule has 2 heteroatoms. The van der Waals surface area contributed by atoms with E-state index in [0.29, 0.717) is 0 Å². The van der Waals surface area contributed by atoms with Crippen LogP contribution in [-0.2, 0) is 11.2 Å². The van der Waals surface area contributed by atoms with Crippen molar-refractivity contribution in [2.75, 3.05) is 0 Å². The van der Waals surface area contributed by atoms with Crippen molar-refractivity contribution in [1.82, 2.24) is 4.98 Å². The number of rotatable bonds is 6. The lowest BCUT2D eigenvalue weighted by molar-refractivity contribution is -0.111. The van der Waals surface area contributed by atoms with Gasteiger partial charge in [-0.2, -0.15) is 0 Å². The lowest BCUT2D eigenvalue weighted by Gasteiger charge is -2.08. The number of aldehydes is 1. The van der Waals surface area contributed by atoms with Crippen LogP contribution in [0.5, 0.6) is 0 Å². The molecule has 1 atom stereocenters. The van der Waals surface area contributed by atoms with Gasteiger partial charge < -0.3 is 4.79 Å². The monoisotopic (exact) mass is 191 g/mol. The minimum Gasteiger partial charge on any atom is -0.303 e. The summed E-state index contributed by atoms with van der Waals surface area (Å²) in [7, 11) is 0. The Balaban J connectivity index is 2.44. The maximum absolute atomic E-state index is 10.8. The Hall–Kier alpha value is -1.18. The molecule has 0 fully saturated rings. The fourth-order valence-electron chi connectivity index (χ4n) is 1.51. The van der Waals surface area contributed by atoms with Crippen molar-refractivity contribution >= 4 is 6.29 Å². The van der Waals surface area contributed by atoms with Gasteiger partial charge in [0.1, 0.15) is 6.29 Å². The second kappa shape index (κ2) is 6.30. The third kappa shape index (κ3) is 3.69. The molecule has 1 heterocycles. The summed E-state index contributed by atoms with van der Waals surface area (Å²) in [6.45, 7) is 2.14. The van der Waals surface area contributed by atoms with Gasteiger partial charge in [-0.3, -0.25) is 4.98 Å². The molecule has 1 unspecified atom stereocenters. The van der Waals surface area contributed by atoms with E-state index in [0.717, 1.165) is 37.5 Å². The Morgan fingerprint density at radius 2 is 2.43 bits per heavy atom. The van der Waals surface area contributed by atoms with E-state index in [1.165, 1.54) is 0 Å². The van der Waals surface area contributed by atoms with Gasteiger partial charge in [-0.25, -0.2) is 0 Å². The zero-order valence-electron chi connectivity index (χ0n) is 8.65. The number of aromatic nitrogens is 1. The van der Waals surface area contributed by atoms with E-state index in [9.17, 15) is 4.79 Å². The molecule has 1 aromatic heterocycles. The van der Waals surface area contributed by atoms with Crippen molar-refractivity contribution < 1.29 is 4.79 Å². The van der Waals surface area contributed by atoms with Crippen LogP contribution in [0.4, 0.5) is 0 Å². The predicted octanol–water partition coefficient (Wildman–Crippen LogP) is 2.63. The van der Waals surface area contributed by atoms with Crippen LogP contribution in [0.25, 0.3) is 0 Å². The van der Waals surface area contributed by atoms with Crippen molar-refractivity contribution in [3.05, 3.63) is 30.1 Å². The van der Waals surface area contributed by atoms with E-state index in [4.69, 9.17) is 0 Å². The largest absolute Gasteiger partial charge is 0.303 e. The molecule has 0 spiro atoms. The molecule has 0 aliphatic heterocycles. The molecule has 0 saturated heterocycles. The van der Waals surface area contributed by atoms with Crippen molar-refractivity contribution in [2.24, 2.45) is 5.92 Å². The van der Waals surface area contributed by atoms with Gasteiger partial charge >= 0.3 is 0 Å². The summed E-state index contributed by atoms with van der Waals surface area (Å²) in [6, 6.07) is 3.94. The van der Waals surface area contributed by atoms with Crippen LogP contribution in [0.1, 0.15) is 31.7 Å². The number of pyridine rings is 1. The molecule has 0 saturated carbocycles. The number of carbonyl (C=O) groups excluding carboxylic acids is 1. The minimum absolute atomic E-state index is 0.166. The Morgan fingerprint density at radius 3 is 3.00 bits per heavy atom. The van der Waals surface area contributed by atoms with E-state index in [2.05, 4.69) is 11.9 Å². The average Bonchev–Trinajstić information content (AvgIpc) is 2.25. The highest BCUT2D eigenvalue weighted by atomic mass is 16.1. The first-order chi connectivity index (χ1) is 6.86. The lowest BCUT2D eigenvalue weighted by atomic mass is 9.96. The molecule has 0 amide bonds. The molecule has 76 valence electrons. The van der Waals surface area contributed by atoms with Crippen LogP contribution in [0.15, 0.2) is 24.5 Å². The van der Waals surface area contributed by atoms with Gasteiger partial charge in [0.2, 0.25) is 0 Å². The Labute approximate surface area is 85.4 Å². The molecule has 1 aromatic rings. The standard InChI is InChI=1S/C12H17NO/c1-2-3-5-12(10-14)8-11-6-4-7-13-9-11/h4,6-7,9-10,12H,2-3,5,8H2,1H3. The Kier molecular flexibility index (Phi) is 4.90. The number of carbonyl (C=O) groups is 1. The van der Waals surface area contributed by atoms with E-state index in [1.807, 2.05) is 18.3 Å². The van der Waals surface area contributed by atoms with Crippen LogP contribution in [0.2, 0.25) is 0 Å². The zero-order valence-corrected chi connectivity index (χ0v) is 8.65. The Morgan fingerprint density at radius 1 is 1.57 bits per heavy atom. The lowest BCUT2D eigenvalue weighted by Crippen LogP contribution is -2.06. The molecule has 0 bridgehead atoms. The summed E-state index contributed by atoms with van der Waals surface area (Å²) >= 11 is 0. The molecule has 0 radical (unpaired) electrons. The number of unbranched alkanes of at least 4 members (excludes halogenated alkanes) is 1. The van der Waals surface area contributed by atoms with Crippen molar-refractivity contribution in [3.63, 3.8) is 0 Å². The third-order valence-corrected chi connectivity index (χ3v) is 2.34. The molecule has 0 aliphatic carbocycles. The van der Waals surface area contributed by atoms with Gasteiger partial charge in [0, 0.05) is 18.3 Å². The second-order valence-corrected chi connectivity index (χ2v) is 3.60. The van der Waals surface area contributed by atoms with E-state index < -0.39 is 0 Å². The van der Waals surface area contributed by atoms with Crippen molar-refractivity contribution in [1.29, 1.82) is 0 Å². The van der Waals surface area contributed by atoms with Crippen LogP contribution in [0, 0.1) is 5.92 Å². The summed E-state index contributed by atoms with van der Waals surface area (Å²) in [4.78, 5) is 14.8. The second-order valence-electron chi connectivity index (χ2n) is 3.60. The molecule has 1 rings (SSSR count). The highest BCUT2D eigenvalue weighted by molar-refractivity contribution is 5.54. The predicted molar refractivity (Wildman–Crippen MR) is 57.0 cm³/mol. The minimum atomic E-state index is 0.166. The molecular weight excluding hydrogens is 174 g/mol. The summed E-state index contributed by atoms with van der Waals surface area (Å²) in [5, 5.41) is 0. The fourth-order valence-corrected chi connectivity index (χ4v) is 1.51. The quantitative estimate of drug-likeness (QED) is 0.647. The maximum Gasteiger partial charge on any atom is 0.123 e. The van der Waals surface area contributed by atoms with E-state index in [-0.39, 0.29) is 5.92 Å². The molecule has 0 aromatic carbocycles. The third-order valence-electron chi connectivity index (χ3n) is 2.34. The molecular formula is C12H17NO. The molecule has 2 nitrogen and oxygen atoms in total. The van der Waals surface area contributed by atoms with Gasteiger partial charge in [0.15, 0.2) is 0 Å². The summed E-state index contributed by atoms with van der Waals surface area (Å²) in [6.07, 6.45) is 8.77. The summed E-state index contributed by atoms with van der Waals surface area (Å²) in [5.41, 5.74) is 1.15. The average molecular weight is 191 g/mol. The Bertz CT molecular complexity index is 258. The smallest absolute Gasteiger partial charge is 0.123 e. The number of hydrogen-bond acceptors (Lipinski definition) is 2. The molecule has 0 N–H and O–H groups in total. The molecule has 14 heavy (non-hydrogen) atoms. The van der Waals surface area contributed by atoms with Gasteiger partial charge in [-0.1, -0.05) is 25.8 Å². The van der Waals surface area contributed by atoms with Crippen LogP contribution in [0.3, 0.4) is 0 Å². The first-order valence-corrected chi connectivity index (χ1v) is 5.21. The van der Waals surface area contributed by atoms with Crippen molar-refractivity contribution in [3.8, 4) is 0 Å². The highest BCUT2D eigenvalue weighted by Gasteiger charge is 2.07.